The van der Waals surface area contributed by atoms with Crippen LogP contribution in [-0.4, -0.2) is 43.0 Å². The van der Waals surface area contributed by atoms with Crippen molar-refractivity contribution >= 4 is 23.1 Å². The van der Waals surface area contributed by atoms with E-state index in [1.807, 2.05) is 14.0 Å². The highest BCUT2D eigenvalue weighted by Gasteiger charge is 2.12. The summed E-state index contributed by atoms with van der Waals surface area (Å²) < 4.78 is 0. The quantitative estimate of drug-likeness (QED) is 0.489. The minimum atomic E-state index is 0.0329. The van der Waals surface area contributed by atoms with Crippen LogP contribution in [0.3, 0.4) is 0 Å². The third-order valence-corrected chi connectivity index (χ3v) is 2.70. The SMILES string of the molecule is CNC(=O)C(C)CN(C)CCCCC(N)=S. The molecule has 0 saturated carbocycles. The number of thiocarbonyl (C=S) groups is 1. The zero-order valence-electron chi connectivity index (χ0n) is 10.5. The molecule has 1 amide bonds. The molecule has 0 spiro atoms. The minimum Gasteiger partial charge on any atom is -0.393 e. The van der Waals surface area contributed by atoms with Crippen molar-refractivity contribution in [2.45, 2.75) is 26.2 Å². The second-order valence-electron chi connectivity index (χ2n) is 4.20. The fraction of sp³-hybridized carbons (Fsp3) is 0.818. The van der Waals surface area contributed by atoms with Gasteiger partial charge in [0.2, 0.25) is 5.91 Å². The van der Waals surface area contributed by atoms with E-state index in [2.05, 4.69) is 10.2 Å². The molecule has 0 aliphatic carbocycles. The summed E-state index contributed by atoms with van der Waals surface area (Å²) in [6.45, 7) is 3.70. The van der Waals surface area contributed by atoms with E-state index in [-0.39, 0.29) is 11.8 Å². The van der Waals surface area contributed by atoms with Crippen LogP contribution in [0.2, 0.25) is 0 Å². The first-order valence-corrected chi connectivity index (χ1v) is 6.06. The summed E-state index contributed by atoms with van der Waals surface area (Å²) in [5.74, 6) is 0.126. The van der Waals surface area contributed by atoms with E-state index >= 15 is 0 Å². The van der Waals surface area contributed by atoms with E-state index < -0.39 is 0 Å². The third-order valence-electron chi connectivity index (χ3n) is 2.49. The Morgan fingerprint density at radius 1 is 1.50 bits per heavy atom. The van der Waals surface area contributed by atoms with Crippen molar-refractivity contribution < 1.29 is 4.79 Å². The number of nitrogens with one attached hydrogen (secondary N) is 1. The molecule has 0 radical (unpaired) electrons. The first-order valence-electron chi connectivity index (χ1n) is 5.65. The maximum absolute atomic E-state index is 11.3. The largest absolute Gasteiger partial charge is 0.393 e. The maximum atomic E-state index is 11.3. The molecule has 0 aromatic carbocycles. The van der Waals surface area contributed by atoms with Gasteiger partial charge in [-0.05, 0) is 32.9 Å². The Labute approximate surface area is 104 Å². The average Bonchev–Trinajstić information content (AvgIpc) is 2.22. The van der Waals surface area contributed by atoms with Gasteiger partial charge in [0.25, 0.3) is 0 Å². The Balaban J connectivity index is 3.61. The molecule has 1 atom stereocenters. The van der Waals surface area contributed by atoms with Crippen molar-refractivity contribution in [3.05, 3.63) is 0 Å². The van der Waals surface area contributed by atoms with Gasteiger partial charge < -0.3 is 16.0 Å². The topological polar surface area (TPSA) is 58.4 Å². The highest BCUT2D eigenvalue weighted by Crippen LogP contribution is 2.02. The van der Waals surface area contributed by atoms with Gasteiger partial charge in [-0.25, -0.2) is 0 Å². The minimum absolute atomic E-state index is 0.0329. The Bertz CT molecular complexity index is 233. The molecule has 0 aliphatic rings. The van der Waals surface area contributed by atoms with Crippen LogP contribution < -0.4 is 11.1 Å². The average molecular weight is 245 g/mol. The van der Waals surface area contributed by atoms with Crippen LogP contribution in [0.25, 0.3) is 0 Å². The fourth-order valence-electron chi connectivity index (χ4n) is 1.57. The molecule has 94 valence electrons. The van der Waals surface area contributed by atoms with Gasteiger partial charge >= 0.3 is 0 Å². The van der Waals surface area contributed by atoms with Crippen molar-refractivity contribution in [1.82, 2.24) is 10.2 Å². The van der Waals surface area contributed by atoms with Gasteiger partial charge in [0.15, 0.2) is 0 Å². The summed E-state index contributed by atoms with van der Waals surface area (Å²) in [4.78, 5) is 14.0. The second kappa shape index (κ2) is 8.47. The van der Waals surface area contributed by atoms with Crippen molar-refractivity contribution in [1.29, 1.82) is 0 Å². The molecule has 0 heterocycles. The lowest BCUT2D eigenvalue weighted by Gasteiger charge is -2.20. The summed E-state index contributed by atoms with van der Waals surface area (Å²) >= 11 is 4.81. The monoisotopic (exact) mass is 245 g/mol. The van der Waals surface area contributed by atoms with Crippen LogP contribution in [0, 0.1) is 5.92 Å². The number of hydrogen-bond donors (Lipinski definition) is 2. The summed E-state index contributed by atoms with van der Waals surface area (Å²) in [6, 6.07) is 0. The van der Waals surface area contributed by atoms with Gasteiger partial charge in [0.1, 0.15) is 0 Å². The number of amides is 1. The van der Waals surface area contributed by atoms with Crippen LogP contribution in [0.15, 0.2) is 0 Å². The predicted octanol–water partition coefficient (Wildman–Crippen LogP) is 0.757. The van der Waals surface area contributed by atoms with Crippen molar-refractivity contribution in [2.75, 3.05) is 27.2 Å². The van der Waals surface area contributed by atoms with Crippen molar-refractivity contribution in [3.8, 4) is 0 Å². The molecule has 0 bridgehead atoms. The number of carbonyl (C=O) groups is 1. The van der Waals surface area contributed by atoms with Gasteiger partial charge in [0, 0.05) is 19.5 Å². The van der Waals surface area contributed by atoms with E-state index in [1.54, 1.807) is 7.05 Å². The standard InChI is InChI=1S/C11H23N3OS/c1-9(11(15)13-2)8-14(3)7-5-4-6-10(12)16/h9H,4-8H2,1-3H3,(H2,12,16)(H,13,15). The lowest BCUT2D eigenvalue weighted by Crippen LogP contribution is -2.34. The smallest absolute Gasteiger partial charge is 0.223 e. The summed E-state index contributed by atoms with van der Waals surface area (Å²) in [6.07, 6.45) is 2.90. The highest BCUT2D eigenvalue weighted by molar-refractivity contribution is 7.80. The van der Waals surface area contributed by atoms with E-state index in [4.69, 9.17) is 18.0 Å². The molecule has 16 heavy (non-hydrogen) atoms. The van der Waals surface area contributed by atoms with Crippen molar-refractivity contribution in [2.24, 2.45) is 11.7 Å². The van der Waals surface area contributed by atoms with E-state index in [0.29, 0.717) is 4.99 Å². The maximum Gasteiger partial charge on any atom is 0.223 e. The molecule has 0 aromatic rings. The zero-order valence-corrected chi connectivity index (χ0v) is 11.3. The fourth-order valence-corrected chi connectivity index (χ4v) is 1.71. The molecular formula is C11H23N3OS. The van der Waals surface area contributed by atoms with Crippen LogP contribution >= 0.6 is 12.2 Å². The summed E-state index contributed by atoms with van der Waals surface area (Å²) in [5.41, 5.74) is 5.41. The van der Waals surface area contributed by atoms with Crippen LogP contribution in [0.1, 0.15) is 26.2 Å². The lowest BCUT2D eigenvalue weighted by atomic mass is 10.1. The van der Waals surface area contributed by atoms with E-state index in [9.17, 15) is 4.79 Å². The van der Waals surface area contributed by atoms with Crippen LogP contribution in [0.4, 0.5) is 0 Å². The molecule has 0 aliphatic heterocycles. The Morgan fingerprint density at radius 2 is 2.12 bits per heavy atom. The van der Waals surface area contributed by atoms with E-state index in [1.165, 1.54) is 0 Å². The Hall–Kier alpha value is -0.680. The number of rotatable bonds is 8. The van der Waals surface area contributed by atoms with Gasteiger partial charge in [-0.15, -0.1) is 0 Å². The zero-order chi connectivity index (χ0) is 12.6. The summed E-state index contributed by atoms with van der Waals surface area (Å²) in [5, 5.41) is 2.65. The van der Waals surface area contributed by atoms with Gasteiger partial charge in [0.05, 0.1) is 4.99 Å². The molecular weight excluding hydrogens is 222 g/mol. The number of hydrogen-bond acceptors (Lipinski definition) is 3. The first-order chi connectivity index (χ1) is 7.47. The molecule has 5 heteroatoms. The van der Waals surface area contributed by atoms with Crippen molar-refractivity contribution in [3.63, 3.8) is 0 Å². The Kier molecular flexibility index (Phi) is 8.11. The van der Waals surface area contributed by atoms with Gasteiger partial charge in [-0.1, -0.05) is 19.1 Å². The van der Waals surface area contributed by atoms with Crippen LogP contribution in [-0.2, 0) is 4.79 Å². The normalized spacial score (nSPS) is 12.5. The number of carbonyl (C=O) groups excluding carboxylic acids is 1. The van der Waals surface area contributed by atoms with Gasteiger partial charge in [-0.3, -0.25) is 4.79 Å². The number of nitrogens with two attached hydrogens (primary N) is 1. The Morgan fingerprint density at radius 3 is 2.62 bits per heavy atom. The predicted molar refractivity (Wildman–Crippen MR) is 71.4 cm³/mol. The molecule has 0 saturated heterocycles. The summed E-state index contributed by atoms with van der Waals surface area (Å²) in [7, 11) is 3.70. The molecule has 3 N–H and O–H groups in total. The van der Waals surface area contributed by atoms with Gasteiger partial charge in [-0.2, -0.15) is 0 Å². The molecule has 4 nitrogen and oxygen atoms in total. The first kappa shape index (κ1) is 15.3. The molecule has 0 rings (SSSR count). The molecule has 1 unspecified atom stereocenters. The lowest BCUT2D eigenvalue weighted by molar-refractivity contribution is -0.124. The molecule has 0 aromatic heterocycles. The number of unbranched alkanes of at least 4 members (excludes halogenated alkanes) is 1. The van der Waals surface area contributed by atoms with Crippen LogP contribution in [0.5, 0.6) is 0 Å². The highest BCUT2D eigenvalue weighted by atomic mass is 32.1. The van der Waals surface area contributed by atoms with E-state index in [0.717, 1.165) is 32.4 Å². The number of nitrogens with zero attached hydrogens (tertiary/aromatic N) is 1. The third kappa shape index (κ3) is 7.59. The second-order valence-corrected chi connectivity index (χ2v) is 4.73. The molecule has 0 fully saturated rings.